The zero-order valence-electron chi connectivity index (χ0n) is 10.4. The summed E-state index contributed by atoms with van der Waals surface area (Å²) >= 11 is 3.17. The Bertz CT molecular complexity index is 416. The van der Waals surface area contributed by atoms with Gasteiger partial charge in [0, 0.05) is 26.2 Å². The Hall–Kier alpha value is -0.490. The molecule has 1 aromatic carbocycles. The first-order valence-corrected chi connectivity index (χ1v) is 6.86. The van der Waals surface area contributed by atoms with Crippen molar-refractivity contribution in [3.8, 4) is 0 Å². The fourth-order valence-electron chi connectivity index (χ4n) is 2.50. The zero-order valence-corrected chi connectivity index (χ0v) is 12.0. The Balaban J connectivity index is 2.19. The molecule has 3 nitrogen and oxygen atoms in total. The lowest BCUT2D eigenvalue weighted by molar-refractivity contribution is 0.139. The fraction of sp³-hybridized carbons (Fsp3) is 0.538. The quantitative estimate of drug-likeness (QED) is 0.926. The standard InChI is InChI=1S/C13H18BrFN2O/c1-18-7-6-17-5-4-12(16)13(17)9-2-3-10(14)11(15)8-9/h2-3,8,12-13H,4-7,16H2,1H3. The SMILES string of the molecule is COCCN1CCC(N)C1c1ccc(Br)c(F)c1. The molecule has 0 spiro atoms. The first-order valence-electron chi connectivity index (χ1n) is 6.07. The Morgan fingerprint density at radius 3 is 3.00 bits per heavy atom. The molecule has 1 heterocycles. The van der Waals surface area contributed by atoms with Crippen LogP contribution in [0.4, 0.5) is 4.39 Å². The first-order chi connectivity index (χ1) is 8.63. The molecule has 0 radical (unpaired) electrons. The van der Waals surface area contributed by atoms with E-state index in [1.54, 1.807) is 19.2 Å². The number of hydrogen-bond acceptors (Lipinski definition) is 3. The molecule has 1 aliphatic heterocycles. The summed E-state index contributed by atoms with van der Waals surface area (Å²) in [6.45, 7) is 2.43. The van der Waals surface area contributed by atoms with Gasteiger partial charge in [0.2, 0.25) is 0 Å². The van der Waals surface area contributed by atoms with E-state index in [9.17, 15) is 4.39 Å². The van der Waals surface area contributed by atoms with Gasteiger partial charge in [0.25, 0.3) is 0 Å². The minimum atomic E-state index is -0.238. The van der Waals surface area contributed by atoms with E-state index in [-0.39, 0.29) is 17.9 Å². The van der Waals surface area contributed by atoms with Gasteiger partial charge in [0.05, 0.1) is 17.1 Å². The van der Waals surface area contributed by atoms with Gasteiger partial charge >= 0.3 is 0 Å². The van der Waals surface area contributed by atoms with Crippen LogP contribution in [0.1, 0.15) is 18.0 Å². The highest BCUT2D eigenvalue weighted by molar-refractivity contribution is 9.10. The molecule has 0 saturated carbocycles. The van der Waals surface area contributed by atoms with Crippen molar-refractivity contribution in [3.05, 3.63) is 34.1 Å². The van der Waals surface area contributed by atoms with Gasteiger partial charge in [-0.3, -0.25) is 4.90 Å². The van der Waals surface area contributed by atoms with Gasteiger partial charge in [-0.05, 0) is 40.0 Å². The molecule has 5 heteroatoms. The molecule has 1 aromatic rings. The number of benzene rings is 1. The number of methoxy groups -OCH3 is 1. The molecule has 2 rings (SSSR count). The van der Waals surface area contributed by atoms with Crippen LogP contribution in [-0.2, 0) is 4.74 Å². The van der Waals surface area contributed by atoms with Gasteiger partial charge < -0.3 is 10.5 Å². The van der Waals surface area contributed by atoms with Crippen LogP contribution in [0.3, 0.4) is 0 Å². The van der Waals surface area contributed by atoms with E-state index in [4.69, 9.17) is 10.5 Å². The van der Waals surface area contributed by atoms with Crippen molar-refractivity contribution in [2.75, 3.05) is 26.8 Å². The predicted octanol–water partition coefficient (Wildman–Crippen LogP) is 2.31. The lowest BCUT2D eigenvalue weighted by Crippen LogP contribution is -2.33. The van der Waals surface area contributed by atoms with Crippen molar-refractivity contribution in [2.45, 2.75) is 18.5 Å². The minimum Gasteiger partial charge on any atom is -0.383 e. The van der Waals surface area contributed by atoms with Crippen molar-refractivity contribution in [1.29, 1.82) is 0 Å². The summed E-state index contributed by atoms with van der Waals surface area (Å²) in [5.74, 6) is -0.238. The number of halogens is 2. The van der Waals surface area contributed by atoms with Crippen LogP contribution >= 0.6 is 15.9 Å². The first kappa shape index (κ1) is 13.9. The van der Waals surface area contributed by atoms with Gasteiger partial charge in [-0.2, -0.15) is 0 Å². The maximum Gasteiger partial charge on any atom is 0.137 e. The average Bonchev–Trinajstić information content (AvgIpc) is 2.71. The molecule has 18 heavy (non-hydrogen) atoms. The van der Waals surface area contributed by atoms with Crippen LogP contribution in [0.5, 0.6) is 0 Å². The lowest BCUT2D eigenvalue weighted by atomic mass is 10.0. The Morgan fingerprint density at radius 1 is 1.56 bits per heavy atom. The summed E-state index contributed by atoms with van der Waals surface area (Å²) < 4.78 is 19.2. The Morgan fingerprint density at radius 2 is 2.33 bits per heavy atom. The Labute approximate surface area is 115 Å². The highest BCUT2D eigenvalue weighted by atomic mass is 79.9. The highest BCUT2D eigenvalue weighted by Gasteiger charge is 2.32. The van der Waals surface area contributed by atoms with E-state index < -0.39 is 0 Å². The summed E-state index contributed by atoms with van der Waals surface area (Å²) in [4.78, 5) is 2.26. The molecular weight excluding hydrogens is 299 g/mol. The molecule has 1 saturated heterocycles. The van der Waals surface area contributed by atoms with Crippen molar-refractivity contribution in [1.82, 2.24) is 4.90 Å². The lowest BCUT2D eigenvalue weighted by Gasteiger charge is -2.27. The zero-order chi connectivity index (χ0) is 13.1. The van der Waals surface area contributed by atoms with Gasteiger partial charge in [-0.25, -0.2) is 4.39 Å². The summed E-state index contributed by atoms with van der Waals surface area (Å²) in [7, 11) is 1.68. The van der Waals surface area contributed by atoms with Crippen LogP contribution in [0, 0.1) is 5.82 Å². The second kappa shape index (κ2) is 6.10. The number of nitrogens with two attached hydrogens (primary N) is 1. The summed E-state index contributed by atoms with van der Waals surface area (Å²) in [6.07, 6.45) is 0.937. The third kappa shape index (κ3) is 2.91. The predicted molar refractivity (Wildman–Crippen MR) is 72.9 cm³/mol. The van der Waals surface area contributed by atoms with Gasteiger partial charge in [-0.1, -0.05) is 6.07 Å². The number of rotatable bonds is 4. The van der Waals surface area contributed by atoms with Crippen LogP contribution < -0.4 is 5.73 Å². The van der Waals surface area contributed by atoms with E-state index in [0.717, 1.165) is 25.1 Å². The topological polar surface area (TPSA) is 38.5 Å². The van der Waals surface area contributed by atoms with Crippen molar-refractivity contribution >= 4 is 15.9 Å². The largest absolute Gasteiger partial charge is 0.383 e. The normalized spacial score (nSPS) is 24.7. The van der Waals surface area contributed by atoms with Crippen LogP contribution in [0.25, 0.3) is 0 Å². The summed E-state index contributed by atoms with van der Waals surface area (Å²) in [6, 6.07) is 5.39. The minimum absolute atomic E-state index is 0.0578. The molecule has 0 aromatic heterocycles. The van der Waals surface area contributed by atoms with E-state index in [1.165, 1.54) is 0 Å². The van der Waals surface area contributed by atoms with Crippen molar-refractivity contribution in [3.63, 3.8) is 0 Å². The third-order valence-electron chi connectivity index (χ3n) is 3.42. The molecule has 0 bridgehead atoms. The van der Waals surface area contributed by atoms with E-state index >= 15 is 0 Å². The number of hydrogen-bond donors (Lipinski definition) is 1. The highest BCUT2D eigenvalue weighted by Crippen LogP contribution is 2.32. The Kier molecular flexibility index (Phi) is 4.72. The molecular formula is C13H18BrFN2O. The third-order valence-corrected chi connectivity index (χ3v) is 4.06. The van der Waals surface area contributed by atoms with Crippen LogP contribution in [0.15, 0.2) is 22.7 Å². The van der Waals surface area contributed by atoms with Crippen molar-refractivity contribution in [2.24, 2.45) is 5.73 Å². The average molecular weight is 317 g/mol. The van der Waals surface area contributed by atoms with E-state index in [1.807, 2.05) is 6.07 Å². The molecule has 1 fully saturated rings. The summed E-state index contributed by atoms with van der Waals surface area (Å²) in [5, 5.41) is 0. The molecule has 2 N–H and O–H groups in total. The maximum absolute atomic E-state index is 13.6. The fourth-order valence-corrected chi connectivity index (χ4v) is 2.74. The maximum atomic E-state index is 13.6. The monoisotopic (exact) mass is 316 g/mol. The molecule has 1 aliphatic rings. The smallest absolute Gasteiger partial charge is 0.137 e. The number of likely N-dealkylation sites (tertiary alicyclic amines) is 1. The second-order valence-corrected chi connectivity index (χ2v) is 5.45. The molecule has 0 amide bonds. The molecule has 2 atom stereocenters. The number of nitrogens with zero attached hydrogens (tertiary/aromatic N) is 1. The van der Waals surface area contributed by atoms with Crippen LogP contribution in [0.2, 0.25) is 0 Å². The van der Waals surface area contributed by atoms with Gasteiger partial charge in [-0.15, -0.1) is 0 Å². The summed E-state index contributed by atoms with van der Waals surface area (Å²) in [5.41, 5.74) is 7.09. The van der Waals surface area contributed by atoms with E-state index in [0.29, 0.717) is 11.1 Å². The molecule has 0 aliphatic carbocycles. The van der Waals surface area contributed by atoms with Crippen molar-refractivity contribution < 1.29 is 9.13 Å². The molecule has 100 valence electrons. The van der Waals surface area contributed by atoms with Gasteiger partial charge in [0.1, 0.15) is 5.82 Å². The number of ether oxygens (including phenoxy) is 1. The van der Waals surface area contributed by atoms with E-state index in [2.05, 4.69) is 20.8 Å². The van der Waals surface area contributed by atoms with Gasteiger partial charge in [0.15, 0.2) is 0 Å². The molecule has 2 unspecified atom stereocenters. The second-order valence-electron chi connectivity index (χ2n) is 4.60. The van der Waals surface area contributed by atoms with Crippen LogP contribution in [-0.4, -0.2) is 37.7 Å².